The van der Waals surface area contributed by atoms with Crippen molar-refractivity contribution in [2.75, 3.05) is 0 Å². The Hall–Kier alpha value is -3.03. The third-order valence-corrected chi connectivity index (χ3v) is 5.89. The SMILES string of the molecule is O=c1c(=O)n(C2CCC3CC2C3)ccn1Cc1cn(-c2ccccn2)nn1. The van der Waals surface area contributed by atoms with Gasteiger partial charge in [0, 0.05) is 24.6 Å². The standard InChI is InChI=1S/C19H20N6O2/c26-18-19(27)24(16-5-4-13-9-14(16)10-13)8-7-23(18)11-15-12-25(22-21-15)17-3-1-2-6-20-17/h1-3,6-8,12-14,16H,4-5,9-11H2. The molecule has 0 N–H and O–H groups in total. The van der Waals surface area contributed by atoms with Gasteiger partial charge in [-0.2, -0.15) is 0 Å². The van der Waals surface area contributed by atoms with Gasteiger partial charge in [0.15, 0.2) is 5.82 Å². The van der Waals surface area contributed by atoms with Gasteiger partial charge in [-0.1, -0.05) is 11.3 Å². The molecule has 8 nitrogen and oxygen atoms in total. The van der Waals surface area contributed by atoms with Crippen molar-refractivity contribution < 1.29 is 0 Å². The van der Waals surface area contributed by atoms with Crippen molar-refractivity contribution in [1.82, 2.24) is 29.1 Å². The second kappa shape index (κ2) is 6.29. The zero-order valence-electron chi connectivity index (χ0n) is 14.8. The number of rotatable bonds is 4. The number of fused-ring (bicyclic) bond motifs is 2. The van der Waals surface area contributed by atoms with Crippen LogP contribution in [0, 0.1) is 11.8 Å². The molecule has 27 heavy (non-hydrogen) atoms. The number of aromatic nitrogens is 6. The van der Waals surface area contributed by atoms with Gasteiger partial charge in [-0.3, -0.25) is 9.59 Å². The molecule has 3 heterocycles. The molecule has 0 amide bonds. The Morgan fingerprint density at radius 2 is 1.96 bits per heavy atom. The van der Waals surface area contributed by atoms with Gasteiger partial charge in [0.2, 0.25) is 0 Å². The molecule has 3 aromatic heterocycles. The number of nitrogens with zero attached hydrogens (tertiary/aromatic N) is 6. The van der Waals surface area contributed by atoms with E-state index in [-0.39, 0.29) is 12.6 Å². The Labute approximate surface area is 155 Å². The molecule has 2 bridgehead atoms. The minimum atomic E-state index is -0.508. The second-order valence-corrected chi connectivity index (χ2v) is 7.53. The predicted octanol–water partition coefficient (Wildman–Crippen LogP) is 1.40. The van der Waals surface area contributed by atoms with Crippen molar-refractivity contribution in [1.29, 1.82) is 0 Å². The van der Waals surface area contributed by atoms with E-state index in [4.69, 9.17) is 0 Å². The number of pyridine rings is 1. The number of hydrogen-bond donors (Lipinski definition) is 0. The van der Waals surface area contributed by atoms with Crippen LogP contribution in [0.2, 0.25) is 0 Å². The first-order chi connectivity index (χ1) is 13.2. The Kier molecular flexibility index (Phi) is 3.77. The molecule has 1 atom stereocenters. The lowest BCUT2D eigenvalue weighted by Gasteiger charge is -2.47. The van der Waals surface area contributed by atoms with E-state index >= 15 is 0 Å². The van der Waals surface area contributed by atoms with Crippen molar-refractivity contribution in [3.63, 3.8) is 0 Å². The van der Waals surface area contributed by atoms with Crippen molar-refractivity contribution >= 4 is 0 Å². The van der Waals surface area contributed by atoms with Crippen LogP contribution in [-0.4, -0.2) is 29.1 Å². The van der Waals surface area contributed by atoms with E-state index < -0.39 is 11.1 Å². The minimum absolute atomic E-state index is 0.176. The molecule has 3 fully saturated rings. The van der Waals surface area contributed by atoms with E-state index in [1.807, 2.05) is 18.2 Å². The summed E-state index contributed by atoms with van der Waals surface area (Å²) < 4.78 is 4.61. The van der Waals surface area contributed by atoms with E-state index in [0.717, 1.165) is 18.8 Å². The van der Waals surface area contributed by atoms with Crippen LogP contribution in [0.25, 0.3) is 5.82 Å². The topological polar surface area (TPSA) is 87.6 Å². The highest BCUT2D eigenvalue weighted by Gasteiger charge is 2.41. The van der Waals surface area contributed by atoms with Crippen LogP contribution in [-0.2, 0) is 6.54 Å². The van der Waals surface area contributed by atoms with Gasteiger partial charge in [0.1, 0.15) is 5.69 Å². The average molecular weight is 364 g/mol. The smallest absolute Gasteiger partial charge is 0.306 e. The summed E-state index contributed by atoms with van der Waals surface area (Å²) in [6.07, 6.45) is 11.4. The summed E-state index contributed by atoms with van der Waals surface area (Å²) >= 11 is 0. The fourth-order valence-electron chi connectivity index (χ4n) is 4.40. The summed E-state index contributed by atoms with van der Waals surface area (Å²) in [7, 11) is 0. The van der Waals surface area contributed by atoms with Crippen molar-refractivity contribution in [3.8, 4) is 5.82 Å². The van der Waals surface area contributed by atoms with Gasteiger partial charge >= 0.3 is 11.1 Å². The molecule has 0 aromatic carbocycles. The van der Waals surface area contributed by atoms with Gasteiger partial charge < -0.3 is 9.13 Å². The fraction of sp³-hybridized carbons (Fsp3) is 0.421. The first-order valence-electron chi connectivity index (χ1n) is 9.33. The van der Waals surface area contributed by atoms with E-state index in [1.54, 1.807) is 34.0 Å². The lowest BCUT2D eigenvalue weighted by Crippen LogP contribution is -2.47. The van der Waals surface area contributed by atoms with E-state index in [1.165, 1.54) is 17.4 Å². The molecule has 8 heteroatoms. The van der Waals surface area contributed by atoms with Gasteiger partial charge in [0.25, 0.3) is 0 Å². The summed E-state index contributed by atoms with van der Waals surface area (Å²) in [5, 5.41) is 8.14. The monoisotopic (exact) mass is 364 g/mol. The van der Waals surface area contributed by atoms with Gasteiger partial charge in [-0.05, 0) is 49.7 Å². The molecule has 0 spiro atoms. The highest BCUT2D eigenvalue weighted by molar-refractivity contribution is 5.20. The Morgan fingerprint density at radius 1 is 1.07 bits per heavy atom. The van der Waals surface area contributed by atoms with E-state index in [2.05, 4.69) is 15.3 Å². The molecule has 0 saturated heterocycles. The molecule has 6 rings (SSSR count). The second-order valence-electron chi connectivity index (χ2n) is 7.53. The first kappa shape index (κ1) is 16.2. The highest BCUT2D eigenvalue weighted by Crippen LogP contribution is 2.50. The maximum Gasteiger partial charge on any atom is 0.316 e. The molecule has 3 saturated carbocycles. The summed E-state index contributed by atoms with van der Waals surface area (Å²) in [6.45, 7) is 0.206. The lowest BCUT2D eigenvalue weighted by atomic mass is 9.63. The molecule has 3 aliphatic carbocycles. The maximum absolute atomic E-state index is 12.6. The summed E-state index contributed by atoms with van der Waals surface area (Å²) in [6, 6.07) is 5.69. The Bertz CT molecular complexity index is 1070. The van der Waals surface area contributed by atoms with Crippen LogP contribution >= 0.6 is 0 Å². The molecule has 3 aromatic rings. The Balaban J connectivity index is 1.40. The lowest BCUT2D eigenvalue weighted by molar-refractivity contribution is 0.0541. The molecule has 0 radical (unpaired) electrons. The quantitative estimate of drug-likeness (QED) is 0.653. The van der Waals surface area contributed by atoms with Crippen LogP contribution in [0.5, 0.6) is 0 Å². The summed E-state index contributed by atoms with van der Waals surface area (Å²) in [4.78, 5) is 29.5. The van der Waals surface area contributed by atoms with Crippen LogP contribution < -0.4 is 11.1 Å². The van der Waals surface area contributed by atoms with Gasteiger partial charge in [0.05, 0.1) is 12.7 Å². The summed E-state index contributed by atoms with van der Waals surface area (Å²) in [5.74, 6) is 2.04. The Morgan fingerprint density at radius 3 is 2.70 bits per heavy atom. The molecule has 3 aliphatic rings. The van der Waals surface area contributed by atoms with Crippen LogP contribution in [0.3, 0.4) is 0 Å². The third kappa shape index (κ3) is 2.81. The maximum atomic E-state index is 12.6. The summed E-state index contributed by atoms with van der Waals surface area (Å²) in [5.41, 5.74) is -0.351. The highest BCUT2D eigenvalue weighted by atomic mass is 16.2. The van der Waals surface area contributed by atoms with Gasteiger partial charge in [-0.15, -0.1) is 5.10 Å². The zero-order chi connectivity index (χ0) is 18.4. The van der Waals surface area contributed by atoms with Gasteiger partial charge in [-0.25, -0.2) is 9.67 Å². The predicted molar refractivity (Wildman–Crippen MR) is 97.7 cm³/mol. The average Bonchev–Trinajstić information content (AvgIpc) is 3.14. The molecule has 138 valence electrons. The first-order valence-corrected chi connectivity index (χ1v) is 9.33. The van der Waals surface area contributed by atoms with Crippen molar-refractivity contribution in [2.24, 2.45) is 11.8 Å². The zero-order valence-corrected chi connectivity index (χ0v) is 14.8. The molecule has 0 aliphatic heterocycles. The van der Waals surface area contributed by atoms with Crippen LogP contribution in [0.1, 0.15) is 37.4 Å². The fourth-order valence-corrected chi connectivity index (χ4v) is 4.40. The normalized spacial score (nSPS) is 23.8. The minimum Gasteiger partial charge on any atom is -0.306 e. The largest absolute Gasteiger partial charge is 0.316 e. The van der Waals surface area contributed by atoms with Crippen LogP contribution in [0.4, 0.5) is 0 Å². The molecular formula is C19H20N6O2. The molecule has 1 unspecified atom stereocenters. The van der Waals surface area contributed by atoms with E-state index in [0.29, 0.717) is 17.4 Å². The molecular weight excluding hydrogens is 344 g/mol. The third-order valence-electron chi connectivity index (χ3n) is 5.89. The van der Waals surface area contributed by atoms with Crippen LogP contribution in [0.15, 0.2) is 52.6 Å². The van der Waals surface area contributed by atoms with Crippen molar-refractivity contribution in [3.05, 3.63) is 69.4 Å². The van der Waals surface area contributed by atoms with Crippen molar-refractivity contribution in [2.45, 2.75) is 38.3 Å². The van der Waals surface area contributed by atoms with E-state index in [9.17, 15) is 9.59 Å². The number of hydrogen-bond acceptors (Lipinski definition) is 5.